The second-order valence-corrected chi connectivity index (χ2v) is 7.63. The highest BCUT2D eigenvalue weighted by Crippen LogP contribution is 2.20. The molecule has 1 N–H and O–H groups in total. The van der Waals surface area contributed by atoms with Crippen LogP contribution in [-0.4, -0.2) is 29.7 Å². The first-order valence-electron chi connectivity index (χ1n) is 9.86. The summed E-state index contributed by atoms with van der Waals surface area (Å²) in [4.78, 5) is 37.6. The van der Waals surface area contributed by atoms with E-state index in [1.165, 1.54) is 24.3 Å². The fraction of sp³-hybridized carbons (Fsp3) is 0.174. The van der Waals surface area contributed by atoms with Gasteiger partial charge in [-0.25, -0.2) is 4.79 Å². The zero-order valence-electron chi connectivity index (χ0n) is 17.5. The number of carbonyl (C=O) groups is 2. The van der Waals surface area contributed by atoms with Gasteiger partial charge < -0.3 is 14.8 Å². The van der Waals surface area contributed by atoms with Crippen molar-refractivity contribution >= 4 is 41.1 Å². The van der Waals surface area contributed by atoms with Gasteiger partial charge in [0.05, 0.1) is 17.2 Å². The molecule has 0 unspecified atom stereocenters. The molecule has 1 aromatic heterocycles. The van der Waals surface area contributed by atoms with Crippen molar-refractivity contribution in [3.05, 3.63) is 79.7 Å². The Morgan fingerprint density at radius 3 is 2.52 bits per heavy atom. The number of esters is 1. The number of anilines is 1. The lowest BCUT2D eigenvalue weighted by Crippen LogP contribution is -2.36. The van der Waals surface area contributed by atoms with Crippen LogP contribution >= 0.6 is 11.3 Å². The molecule has 0 aliphatic heterocycles. The minimum absolute atomic E-state index is 0.107. The van der Waals surface area contributed by atoms with Crippen LogP contribution in [0, 0.1) is 0 Å². The third-order valence-corrected chi connectivity index (χ3v) is 5.31. The Morgan fingerprint density at radius 2 is 1.82 bits per heavy atom. The molecule has 3 rings (SSSR count). The minimum atomic E-state index is -3.03. The number of ether oxygens (including phenoxy) is 2. The predicted octanol–water partition coefficient (Wildman–Crippen LogP) is 2.32. The lowest BCUT2D eigenvalue weighted by atomic mass is 10.2. The molecule has 33 heavy (non-hydrogen) atoms. The third-order valence-electron chi connectivity index (χ3n) is 4.25. The van der Waals surface area contributed by atoms with Crippen LogP contribution in [0.4, 0.5) is 14.5 Å². The normalized spacial score (nSPS) is 12.1. The van der Waals surface area contributed by atoms with Gasteiger partial charge in [-0.05, 0) is 31.2 Å². The molecule has 1 amide bonds. The summed E-state index contributed by atoms with van der Waals surface area (Å²) in [6.07, 6.45) is 2.49. The summed E-state index contributed by atoms with van der Waals surface area (Å²) in [7, 11) is 0. The average molecular weight is 474 g/mol. The maximum atomic E-state index is 13.1. The molecule has 0 saturated carbocycles. The van der Waals surface area contributed by atoms with E-state index in [-0.39, 0.29) is 33.7 Å². The summed E-state index contributed by atoms with van der Waals surface area (Å²) < 4.78 is 36.3. The number of benzene rings is 2. The molecule has 0 aliphatic carbocycles. The topological polar surface area (TPSA) is 86.6 Å². The van der Waals surface area contributed by atoms with E-state index in [0.717, 1.165) is 22.0 Å². The van der Waals surface area contributed by atoms with Gasteiger partial charge in [0.25, 0.3) is 5.56 Å². The molecular weight excluding hydrogens is 454 g/mol. The van der Waals surface area contributed by atoms with Crippen molar-refractivity contribution in [3.8, 4) is 5.75 Å². The SMILES string of the molecule is CCOC(=O)/C=c1\s/c(=C\c2ccccc2OC(F)F)c(=O)n1CC(=O)Nc1ccccc1. The number of hydrogen-bond acceptors (Lipinski definition) is 6. The first-order valence-corrected chi connectivity index (χ1v) is 10.7. The Morgan fingerprint density at radius 1 is 1.12 bits per heavy atom. The molecule has 10 heteroatoms. The van der Waals surface area contributed by atoms with Crippen LogP contribution in [0.1, 0.15) is 12.5 Å². The van der Waals surface area contributed by atoms with Gasteiger partial charge in [0.1, 0.15) is 17.0 Å². The lowest BCUT2D eigenvalue weighted by molar-refractivity contribution is -0.135. The van der Waals surface area contributed by atoms with Gasteiger partial charge in [-0.3, -0.25) is 14.2 Å². The van der Waals surface area contributed by atoms with Gasteiger partial charge >= 0.3 is 12.6 Å². The van der Waals surface area contributed by atoms with E-state index in [2.05, 4.69) is 10.1 Å². The van der Waals surface area contributed by atoms with Crippen LogP contribution in [0.15, 0.2) is 59.4 Å². The van der Waals surface area contributed by atoms with Crippen molar-refractivity contribution in [1.82, 2.24) is 4.57 Å². The number of thiazole rings is 1. The number of nitrogens with one attached hydrogen (secondary N) is 1. The quantitative estimate of drug-likeness (QED) is 0.507. The molecule has 0 saturated heterocycles. The molecule has 2 aromatic carbocycles. The molecule has 0 atom stereocenters. The monoisotopic (exact) mass is 474 g/mol. The molecule has 7 nitrogen and oxygen atoms in total. The number of alkyl halides is 2. The van der Waals surface area contributed by atoms with Crippen molar-refractivity contribution < 1.29 is 27.8 Å². The second kappa shape index (κ2) is 11.2. The zero-order chi connectivity index (χ0) is 23.8. The molecule has 1 heterocycles. The highest BCUT2D eigenvalue weighted by Gasteiger charge is 2.13. The molecular formula is C23H20F2N2O5S. The average Bonchev–Trinajstić information content (AvgIpc) is 3.04. The summed E-state index contributed by atoms with van der Waals surface area (Å²) in [6.45, 7) is -1.62. The number of para-hydroxylation sites is 2. The van der Waals surface area contributed by atoms with Gasteiger partial charge in [0.2, 0.25) is 5.91 Å². The highest BCUT2D eigenvalue weighted by molar-refractivity contribution is 7.07. The molecule has 0 spiro atoms. The molecule has 172 valence electrons. The summed E-state index contributed by atoms with van der Waals surface area (Å²) in [6, 6.07) is 14.7. The van der Waals surface area contributed by atoms with Crippen molar-refractivity contribution in [3.63, 3.8) is 0 Å². The molecule has 3 aromatic rings. The van der Waals surface area contributed by atoms with Crippen LogP contribution in [0.25, 0.3) is 12.2 Å². The van der Waals surface area contributed by atoms with Gasteiger partial charge in [-0.1, -0.05) is 36.4 Å². The fourth-order valence-corrected chi connectivity index (χ4v) is 3.91. The Kier molecular flexibility index (Phi) is 8.09. The van der Waals surface area contributed by atoms with E-state index in [1.807, 2.05) is 0 Å². The first-order chi connectivity index (χ1) is 15.9. The van der Waals surface area contributed by atoms with Gasteiger partial charge in [0.15, 0.2) is 0 Å². The summed E-state index contributed by atoms with van der Waals surface area (Å²) in [5.41, 5.74) is 0.233. The van der Waals surface area contributed by atoms with E-state index >= 15 is 0 Å². The van der Waals surface area contributed by atoms with Crippen LogP contribution in [0.2, 0.25) is 0 Å². The lowest BCUT2D eigenvalue weighted by Gasteiger charge is -2.06. The molecule has 0 fully saturated rings. The Bertz CT molecular complexity index is 1300. The summed E-state index contributed by atoms with van der Waals surface area (Å²) in [5.74, 6) is -1.26. The Balaban J connectivity index is 2.04. The van der Waals surface area contributed by atoms with Gasteiger partial charge in [-0.2, -0.15) is 8.78 Å². The Labute approximate surface area is 191 Å². The summed E-state index contributed by atoms with van der Waals surface area (Å²) in [5, 5.41) is 2.68. The largest absolute Gasteiger partial charge is 0.463 e. The number of aromatic nitrogens is 1. The molecule has 0 bridgehead atoms. The maximum Gasteiger partial charge on any atom is 0.387 e. The van der Waals surface area contributed by atoms with E-state index in [9.17, 15) is 23.2 Å². The number of hydrogen-bond donors (Lipinski definition) is 1. The highest BCUT2D eigenvalue weighted by atomic mass is 32.1. The number of carbonyl (C=O) groups excluding carboxylic acids is 2. The van der Waals surface area contributed by atoms with E-state index in [4.69, 9.17) is 4.74 Å². The number of nitrogens with zero attached hydrogens (tertiary/aromatic N) is 1. The standard InChI is InChI=1S/C23H20F2N2O5S/c1-2-31-21(29)13-20-27(14-19(28)26-16-9-4-3-5-10-16)22(30)18(33-20)12-15-8-6-7-11-17(15)32-23(24)25/h3-13,23H,2,14H2,1H3,(H,26,28)/b18-12-,20-13-. The predicted molar refractivity (Wildman–Crippen MR) is 121 cm³/mol. The van der Waals surface area contributed by atoms with Gasteiger partial charge in [-0.15, -0.1) is 11.3 Å². The summed E-state index contributed by atoms with van der Waals surface area (Å²) >= 11 is 0.926. The Hall–Kier alpha value is -3.79. The number of halogens is 2. The molecule has 0 aliphatic rings. The van der Waals surface area contributed by atoms with Crippen molar-refractivity contribution in [2.75, 3.05) is 11.9 Å². The van der Waals surface area contributed by atoms with Crippen LogP contribution in [0.5, 0.6) is 5.75 Å². The smallest absolute Gasteiger partial charge is 0.387 e. The van der Waals surface area contributed by atoms with Crippen LogP contribution in [0.3, 0.4) is 0 Å². The maximum absolute atomic E-state index is 13.1. The number of amides is 1. The van der Waals surface area contributed by atoms with Crippen molar-refractivity contribution in [2.24, 2.45) is 0 Å². The van der Waals surface area contributed by atoms with Crippen molar-refractivity contribution in [2.45, 2.75) is 20.1 Å². The van der Waals surface area contributed by atoms with Gasteiger partial charge in [0, 0.05) is 11.3 Å². The minimum Gasteiger partial charge on any atom is -0.463 e. The zero-order valence-corrected chi connectivity index (χ0v) is 18.3. The van der Waals surface area contributed by atoms with E-state index < -0.39 is 24.0 Å². The van der Waals surface area contributed by atoms with Crippen molar-refractivity contribution in [1.29, 1.82) is 0 Å². The van der Waals surface area contributed by atoms with Crippen LogP contribution in [-0.2, 0) is 20.9 Å². The first kappa shape index (κ1) is 23.9. The molecule has 0 radical (unpaired) electrons. The second-order valence-electron chi connectivity index (χ2n) is 6.57. The third kappa shape index (κ3) is 6.59. The fourth-order valence-electron chi connectivity index (χ4n) is 2.89. The van der Waals surface area contributed by atoms with E-state index in [0.29, 0.717) is 5.69 Å². The van der Waals surface area contributed by atoms with Crippen LogP contribution < -0.4 is 24.8 Å². The number of rotatable bonds is 8. The van der Waals surface area contributed by atoms with E-state index in [1.54, 1.807) is 43.3 Å².